The number of nitrogens with zero attached hydrogens (tertiary/aromatic N) is 1. The summed E-state index contributed by atoms with van der Waals surface area (Å²) in [6.45, 7) is 14.2. The third-order valence-electron chi connectivity index (χ3n) is 7.34. The largest absolute Gasteiger partial charge is 0.383 e. The van der Waals surface area contributed by atoms with Crippen molar-refractivity contribution in [2.45, 2.75) is 96.4 Å². The smallest absolute Gasteiger partial charge is 0.178 e. The van der Waals surface area contributed by atoms with Gasteiger partial charge in [-0.2, -0.15) is 0 Å². The zero-order chi connectivity index (χ0) is 23.8. The van der Waals surface area contributed by atoms with E-state index in [2.05, 4.69) is 107 Å². The molecule has 0 saturated heterocycles. The Hall–Kier alpha value is -2.31. The molecule has 1 unspecified atom stereocenters. The van der Waals surface area contributed by atoms with Gasteiger partial charge in [0, 0.05) is 11.1 Å². The topological polar surface area (TPSA) is 21.6 Å². The van der Waals surface area contributed by atoms with Gasteiger partial charge in [-0.05, 0) is 53.9 Å². The molecule has 2 nitrogen and oxygen atoms in total. The lowest BCUT2D eigenvalue weighted by Gasteiger charge is -2.38. The summed E-state index contributed by atoms with van der Waals surface area (Å²) in [4.78, 5) is 6.30. The molecule has 0 spiro atoms. The van der Waals surface area contributed by atoms with Crippen molar-refractivity contribution in [2.24, 2.45) is 5.16 Å². The van der Waals surface area contributed by atoms with E-state index in [1.807, 2.05) is 6.07 Å². The first-order valence-corrected chi connectivity index (χ1v) is 15.0. The lowest BCUT2D eigenvalue weighted by atomic mass is 9.97. The van der Waals surface area contributed by atoms with E-state index < -0.39 is 8.07 Å². The van der Waals surface area contributed by atoms with Crippen LogP contribution in [0, 0.1) is 11.5 Å². The van der Waals surface area contributed by atoms with E-state index in [-0.39, 0.29) is 6.10 Å². The number of hydrogen-bond acceptors (Lipinski definition) is 2. The first-order chi connectivity index (χ1) is 15.9. The zero-order valence-electron chi connectivity index (χ0n) is 21.4. The molecule has 1 saturated carbocycles. The van der Waals surface area contributed by atoms with Gasteiger partial charge in [-0.15, -0.1) is 5.54 Å². The Kier molecular flexibility index (Phi) is 8.98. The summed E-state index contributed by atoms with van der Waals surface area (Å²) in [5, 5.41) is 4.65. The van der Waals surface area contributed by atoms with Crippen LogP contribution in [0.3, 0.4) is 0 Å². The third kappa shape index (κ3) is 5.98. The van der Waals surface area contributed by atoms with E-state index in [4.69, 9.17) is 4.84 Å². The maximum absolute atomic E-state index is 6.30. The molecular weight excluding hydrogens is 418 g/mol. The van der Waals surface area contributed by atoms with Crippen molar-refractivity contribution >= 4 is 13.8 Å². The van der Waals surface area contributed by atoms with Crippen LogP contribution >= 0.6 is 0 Å². The molecule has 2 aromatic rings. The Morgan fingerprint density at radius 2 is 1.33 bits per heavy atom. The molecule has 1 aliphatic carbocycles. The molecule has 0 aliphatic heterocycles. The predicted molar refractivity (Wildman–Crippen MR) is 144 cm³/mol. The Balaban J connectivity index is 2.05. The van der Waals surface area contributed by atoms with Crippen LogP contribution in [-0.4, -0.2) is 13.8 Å². The van der Waals surface area contributed by atoms with Crippen molar-refractivity contribution in [1.82, 2.24) is 0 Å². The fraction of sp³-hybridized carbons (Fsp3) is 0.500. The molecular formula is C30H41NOSi. The Morgan fingerprint density at radius 3 is 1.94 bits per heavy atom. The highest BCUT2D eigenvalue weighted by atomic mass is 28.3. The van der Waals surface area contributed by atoms with Gasteiger partial charge in [0.05, 0.1) is 5.71 Å². The third-order valence-corrected chi connectivity index (χ3v) is 13.6. The molecule has 33 heavy (non-hydrogen) atoms. The van der Waals surface area contributed by atoms with Crippen LogP contribution in [0.15, 0.2) is 59.8 Å². The second-order valence-electron chi connectivity index (χ2n) is 10.3. The van der Waals surface area contributed by atoms with E-state index >= 15 is 0 Å². The lowest BCUT2D eigenvalue weighted by Crippen LogP contribution is -2.43. The molecule has 176 valence electrons. The maximum Gasteiger partial charge on any atom is 0.178 e. The van der Waals surface area contributed by atoms with Crippen molar-refractivity contribution in [3.05, 3.63) is 71.3 Å². The summed E-state index contributed by atoms with van der Waals surface area (Å²) in [6, 6.07) is 18.9. The average Bonchev–Trinajstić information content (AvgIpc) is 2.81. The maximum atomic E-state index is 6.30. The number of benzene rings is 2. The summed E-state index contributed by atoms with van der Waals surface area (Å²) in [7, 11) is -1.82. The van der Waals surface area contributed by atoms with Gasteiger partial charge >= 0.3 is 0 Å². The van der Waals surface area contributed by atoms with Crippen LogP contribution in [0.1, 0.15) is 96.4 Å². The average molecular weight is 460 g/mol. The zero-order valence-corrected chi connectivity index (χ0v) is 22.4. The second-order valence-corrected chi connectivity index (χ2v) is 15.9. The van der Waals surface area contributed by atoms with Crippen LogP contribution in [0.4, 0.5) is 0 Å². The Labute approximate surface area is 202 Å². The molecule has 0 bridgehead atoms. The molecule has 0 N–H and O–H groups in total. The predicted octanol–water partition coefficient (Wildman–Crippen LogP) is 8.68. The van der Waals surface area contributed by atoms with E-state index in [0.717, 1.165) is 29.5 Å². The summed E-state index contributed by atoms with van der Waals surface area (Å²) in [5.41, 5.74) is 10.2. The van der Waals surface area contributed by atoms with Gasteiger partial charge in [-0.3, -0.25) is 0 Å². The molecule has 3 heteroatoms. The molecule has 0 aromatic heterocycles. The SMILES string of the molecule is CC(C)[Si](C#Cc1ccccc1C(ON=C1CCCCC1)c1ccccc1)(C(C)C)C(C)C. The highest BCUT2D eigenvalue weighted by molar-refractivity contribution is 6.90. The first kappa shape index (κ1) is 25.3. The molecule has 3 rings (SSSR count). The van der Waals surface area contributed by atoms with Gasteiger partial charge in [-0.25, -0.2) is 0 Å². The second kappa shape index (κ2) is 11.7. The van der Waals surface area contributed by atoms with Crippen molar-refractivity contribution < 1.29 is 4.84 Å². The molecule has 2 aromatic carbocycles. The van der Waals surface area contributed by atoms with Gasteiger partial charge in [0.1, 0.15) is 8.07 Å². The first-order valence-electron chi connectivity index (χ1n) is 12.7. The highest BCUT2D eigenvalue weighted by Crippen LogP contribution is 2.41. The van der Waals surface area contributed by atoms with E-state index in [0.29, 0.717) is 16.6 Å². The van der Waals surface area contributed by atoms with Gasteiger partial charge in [-0.1, -0.05) is 108 Å². The fourth-order valence-corrected chi connectivity index (χ4v) is 10.8. The van der Waals surface area contributed by atoms with Crippen LogP contribution in [0.2, 0.25) is 16.6 Å². The summed E-state index contributed by atoms with van der Waals surface area (Å²) < 4.78 is 0. The van der Waals surface area contributed by atoms with E-state index in [9.17, 15) is 0 Å². The standard InChI is InChI=1S/C30H41NOSi/c1-23(2)33(24(3)4,25(5)6)22-21-26-15-13-14-20-29(26)30(27-16-9-7-10-17-27)32-31-28-18-11-8-12-19-28/h7,9-10,13-17,20,23-25,30H,8,11-12,18-19H2,1-6H3. The highest BCUT2D eigenvalue weighted by Gasteiger charge is 2.41. The van der Waals surface area contributed by atoms with Gasteiger partial charge in [0.2, 0.25) is 0 Å². The minimum absolute atomic E-state index is 0.251. The molecule has 1 fully saturated rings. The van der Waals surface area contributed by atoms with Gasteiger partial charge in [0.25, 0.3) is 0 Å². The summed E-state index contributed by atoms with van der Waals surface area (Å²) in [5.74, 6) is 3.67. The molecule has 0 amide bonds. The van der Waals surface area contributed by atoms with E-state index in [1.165, 1.54) is 25.0 Å². The van der Waals surface area contributed by atoms with Crippen molar-refractivity contribution in [3.8, 4) is 11.5 Å². The number of rotatable bonds is 7. The molecule has 0 heterocycles. The summed E-state index contributed by atoms with van der Waals surface area (Å²) >= 11 is 0. The number of hydrogen-bond donors (Lipinski definition) is 0. The summed E-state index contributed by atoms with van der Waals surface area (Å²) in [6.07, 6.45) is 5.58. The monoisotopic (exact) mass is 459 g/mol. The Bertz CT molecular complexity index is 951. The van der Waals surface area contributed by atoms with Crippen molar-refractivity contribution in [3.63, 3.8) is 0 Å². The van der Waals surface area contributed by atoms with Crippen LogP contribution < -0.4 is 0 Å². The quantitative estimate of drug-likeness (QED) is 0.230. The van der Waals surface area contributed by atoms with Gasteiger partial charge in [0.15, 0.2) is 6.10 Å². The van der Waals surface area contributed by atoms with E-state index in [1.54, 1.807) is 0 Å². The molecule has 1 atom stereocenters. The fourth-order valence-electron chi connectivity index (χ4n) is 5.55. The number of oxime groups is 1. The van der Waals surface area contributed by atoms with Crippen LogP contribution in [0.25, 0.3) is 0 Å². The van der Waals surface area contributed by atoms with Crippen LogP contribution in [-0.2, 0) is 4.84 Å². The molecule has 1 aliphatic rings. The normalized spacial score (nSPS) is 15.4. The van der Waals surface area contributed by atoms with Gasteiger partial charge < -0.3 is 4.84 Å². The lowest BCUT2D eigenvalue weighted by molar-refractivity contribution is 0.0857. The van der Waals surface area contributed by atoms with Crippen molar-refractivity contribution in [1.29, 1.82) is 0 Å². The van der Waals surface area contributed by atoms with Crippen LogP contribution in [0.5, 0.6) is 0 Å². The molecule has 0 radical (unpaired) electrons. The van der Waals surface area contributed by atoms with Crippen molar-refractivity contribution in [2.75, 3.05) is 0 Å². The Morgan fingerprint density at radius 1 is 0.758 bits per heavy atom. The minimum atomic E-state index is -1.82. The minimum Gasteiger partial charge on any atom is -0.383 e.